The molecule has 0 aromatic carbocycles. The number of hydrogen-bond acceptors (Lipinski definition) is 10. The van der Waals surface area contributed by atoms with Crippen LogP contribution < -0.4 is 5.32 Å². The summed E-state index contributed by atoms with van der Waals surface area (Å²) in [6.45, 7) is 5.72. The van der Waals surface area contributed by atoms with E-state index < -0.39 is 67.4 Å². The quantitative estimate of drug-likeness (QED) is 0.0195. The Labute approximate surface area is 446 Å². The maximum absolute atomic E-state index is 13.4. The molecule has 0 aliphatic carbocycles. The smallest absolute Gasteiger partial charge is 0.306 e. The van der Waals surface area contributed by atoms with Crippen molar-refractivity contribution < 1.29 is 49.3 Å². The molecule has 11 nitrogen and oxygen atoms in total. The van der Waals surface area contributed by atoms with Gasteiger partial charge in [0, 0.05) is 6.42 Å². The molecule has 1 aliphatic rings. The zero-order chi connectivity index (χ0) is 53.3. The van der Waals surface area contributed by atoms with E-state index in [9.17, 15) is 35.1 Å². The zero-order valence-electron chi connectivity index (χ0n) is 46.7. The molecule has 424 valence electrons. The standard InChI is InChI=1S/C62H111NO10/c1-4-7-10-13-16-19-22-24-25-26-27-28-29-30-32-34-37-40-43-46-49-55(66)61(70)63-53(54(65)48-45-42-39-36-33-21-18-15-12-9-6-3)52-71-62-60(59(69)58(68)56(51-64)72-62)73-57(67)50-47-44-41-38-35-31-23-20-17-14-11-8-5-2/h16,19,24-25,27-28,31,35,45,48,53-56,58-60,62,64-66,68-69H,4-15,17-18,20-23,26,29-30,32-34,36-44,46-47,49-52H2,1-3H3,(H,63,70)/b19-16-,25-24-,28-27-,35-31-,48-45+. The molecule has 11 heteroatoms. The molecule has 8 atom stereocenters. The van der Waals surface area contributed by atoms with Crippen molar-refractivity contribution in [2.45, 2.75) is 307 Å². The van der Waals surface area contributed by atoms with Gasteiger partial charge in [0.1, 0.15) is 24.4 Å². The third kappa shape index (κ3) is 38.5. The van der Waals surface area contributed by atoms with Crippen LogP contribution in [0.4, 0.5) is 0 Å². The van der Waals surface area contributed by atoms with Crippen LogP contribution in [0, 0.1) is 0 Å². The van der Waals surface area contributed by atoms with Crippen LogP contribution >= 0.6 is 0 Å². The fourth-order valence-corrected chi connectivity index (χ4v) is 9.06. The van der Waals surface area contributed by atoms with Gasteiger partial charge in [-0.1, -0.05) is 223 Å². The van der Waals surface area contributed by atoms with Crippen LogP contribution in [0.25, 0.3) is 0 Å². The first kappa shape index (κ1) is 68.4. The first-order valence-electron chi connectivity index (χ1n) is 30.1. The van der Waals surface area contributed by atoms with Crippen LogP contribution in [-0.2, 0) is 23.8 Å². The van der Waals surface area contributed by atoms with E-state index in [0.29, 0.717) is 12.8 Å². The number of hydrogen-bond donors (Lipinski definition) is 6. The van der Waals surface area contributed by atoms with Crippen molar-refractivity contribution in [1.82, 2.24) is 5.32 Å². The van der Waals surface area contributed by atoms with Crippen molar-refractivity contribution in [3.05, 3.63) is 60.8 Å². The Kier molecular flexibility index (Phi) is 47.0. The Bertz CT molecular complexity index is 1420. The average Bonchev–Trinajstić information content (AvgIpc) is 3.39. The lowest BCUT2D eigenvalue weighted by Gasteiger charge is -2.41. The number of unbranched alkanes of at least 4 members (excludes halogenated alkanes) is 28. The lowest BCUT2D eigenvalue weighted by molar-refractivity contribution is -0.305. The van der Waals surface area contributed by atoms with E-state index in [1.165, 1.54) is 122 Å². The molecular weight excluding hydrogens is 919 g/mol. The molecule has 8 unspecified atom stereocenters. The van der Waals surface area contributed by atoms with E-state index in [1.54, 1.807) is 6.08 Å². The summed E-state index contributed by atoms with van der Waals surface area (Å²) in [4.78, 5) is 26.5. The summed E-state index contributed by atoms with van der Waals surface area (Å²) in [7, 11) is 0. The van der Waals surface area contributed by atoms with Crippen LogP contribution in [0.5, 0.6) is 0 Å². The highest BCUT2D eigenvalue weighted by atomic mass is 16.7. The highest BCUT2D eigenvalue weighted by molar-refractivity contribution is 5.80. The second kappa shape index (κ2) is 50.2. The molecule has 1 aliphatic heterocycles. The van der Waals surface area contributed by atoms with Gasteiger partial charge in [0.2, 0.25) is 5.91 Å². The summed E-state index contributed by atoms with van der Waals surface area (Å²) in [5.41, 5.74) is 0. The predicted octanol–water partition coefficient (Wildman–Crippen LogP) is 13.8. The van der Waals surface area contributed by atoms with Gasteiger partial charge in [-0.15, -0.1) is 0 Å². The lowest BCUT2D eigenvalue weighted by Crippen LogP contribution is -2.61. The summed E-state index contributed by atoms with van der Waals surface area (Å²) in [6.07, 6.45) is 51.2. The van der Waals surface area contributed by atoms with Gasteiger partial charge in [-0.05, 0) is 89.9 Å². The Morgan fingerprint density at radius 3 is 1.45 bits per heavy atom. The van der Waals surface area contributed by atoms with Gasteiger partial charge in [0.05, 0.1) is 25.4 Å². The fraction of sp³-hybridized carbons (Fsp3) is 0.806. The molecule has 1 heterocycles. The molecule has 0 bridgehead atoms. The number of aliphatic hydroxyl groups is 5. The summed E-state index contributed by atoms with van der Waals surface area (Å²) in [5, 5.41) is 56.8. The van der Waals surface area contributed by atoms with Crippen molar-refractivity contribution in [1.29, 1.82) is 0 Å². The van der Waals surface area contributed by atoms with E-state index in [-0.39, 0.29) is 19.4 Å². The summed E-state index contributed by atoms with van der Waals surface area (Å²) < 4.78 is 17.6. The molecule has 0 aromatic heterocycles. The number of ether oxygens (including phenoxy) is 3. The van der Waals surface area contributed by atoms with Gasteiger partial charge in [-0.2, -0.15) is 0 Å². The van der Waals surface area contributed by atoms with Gasteiger partial charge < -0.3 is 45.1 Å². The number of allylic oxidation sites excluding steroid dienone is 9. The second-order valence-electron chi connectivity index (χ2n) is 20.7. The number of rotatable bonds is 50. The third-order valence-corrected chi connectivity index (χ3v) is 13.9. The van der Waals surface area contributed by atoms with Crippen molar-refractivity contribution >= 4 is 11.9 Å². The van der Waals surface area contributed by atoms with Crippen LogP contribution in [0.3, 0.4) is 0 Å². The molecule has 1 fully saturated rings. The SMILES string of the molecule is CCCCC/C=C\C/C=C\C/C=C\CCCCCCCCCC(O)C(=O)NC(COC1OC(CO)C(O)C(O)C1OC(=O)CCCCC/C=C\CCCCCCCC)C(O)/C=C/CCCCCCCCCCC. The Hall–Kier alpha value is -2.64. The predicted molar refractivity (Wildman–Crippen MR) is 301 cm³/mol. The van der Waals surface area contributed by atoms with Crippen LogP contribution in [0.1, 0.15) is 258 Å². The van der Waals surface area contributed by atoms with Crippen molar-refractivity contribution in [2.75, 3.05) is 13.2 Å². The van der Waals surface area contributed by atoms with Crippen LogP contribution in [0.15, 0.2) is 60.8 Å². The minimum atomic E-state index is -1.62. The van der Waals surface area contributed by atoms with Gasteiger partial charge in [0.25, 0.3) is 0 Å². The first-order chi connectivity index (χ1) is 35.7. The second-order valence-corrected chi connectivity index (χ2v) is 20.7. The Morgan fingerprint density at radius 2 is 0.945 bits per heavy atom. The molecule has 1 rings (SSSR count). The minimum Gasteiger partial charge on any atom is -0.454 e. The number of amides is 1. The van der Waals surface area contributed by atoms with E-state index in [0.717, 1.165) is 89.9 Å². The first-order valence-corrected chi connectivity index (χ1v) is 30.1. The molecule has 1 saturated heterocycles. The molecule has 0 spiro atoms. The van der Waals surface area contributed by atoms with Gasteiger partial charge in [0.15, 0.2) is 12.4 Å². The van der Waals surface area contributed by atoms with E-state index >= 15 is 0 Å². The third-order valence-electron chi connectivity index (χ3n) is 13.9. The van der Waals surface area contributed by atoms with Crippen LogP contribution in [-0.4, -0.2) is 99.6 Å². The maximum atomic E-state index is 13.4. The van der Waals surface area contributed by atoms with Gasteiger partial charge in [-0.25, -0.2) is 0 Å². The van der Waals surface area contributed by atoms with Crippen LogP contribution in [0.2, 0.25) is 0 Å². The molecular formula is C62H111NO10. The van der Waals surface area contributed by atoms with E-state index in [1.807, 2.05) is 6.08 Å². The number of aliphatic hydroxyl groups excluding tert-OH is 5. The molecule has 0 radical (unpaired) electrons. The van der Waals surface area contributed by atoms with Crippen molar-refractivity contribution in [3.63, 3.8) is 0 Å². The van der Waals surface area contributed by atoms with Crippen molar-refractivity contribution in [3.8, 4) is 0 Å². The van der Waals surface area contributed by atoms with E-state index in [2.05, 4.69) is 74.7 Å². The summed E-state index contributed by atoms with van der Waals surface area (Å²) >= 11 is 0. The maximum Gasteiger partial charge on any atom is 0.306 e. The topological polar surface area (TPSA) is 175 Å². The summed E-state index contributed by atoms with van der Waals surface area (Å²) in [5.74, 6) is -1.22. The molecule has 73 heavy (non-hydrogen) atoms. The highest BCUT2D eigenvalue weighted by Crippen LogP contribution is 2.26. The largest absolute Gasteiger partial charge is 0.454 e. The number of carbonyl (C=O) groups is 2. The molecule has 0 saturated carbocycles. The van der Waals surface area contributed by atoms with E-state index in [4.69, 9.17) is 14.2 Å². The molecule has 1 amide bonds. The summed E-state index contributed by atoms with van der Waals surface area (Å²) in [6, 6.07) is -1.03. The number of nitrogens with one attached hydrogen (secondary N) is 1. The van der Waals surface area contributed by atoms with Gasteiger partial charge in [-0.3, -0.25) is 9.59 Å². The fourth-order valence-electron chi connectivity index (χ4n) is 9.06. The normalized spacial score (nSPS) is 19.8. The number of esters is 1. The van der Waals surface area contributed by atoms with Gasteiger partial charge >= 0.3 is 5.97 Å². The Morgan fingerprint density at radius 1 is 0.534 bits per heavy atom. The zero-order valence-corrected chi connectivity index (χ0v) is 46.7. The monoisotopic (exact) mass is 1030 g/mol. The molecule has 6 N–H and O–H groups in total. The minimum absolute atomic E-state index is 0.102. The lowest BCUT2D eigenvalue weighted by atomic mass is 9.99. The Balaban J connectivity index is 2.69. The number of carbonyl (C=O) groups excluding carboxylic acids is 2. The highest BCUT2D eigenvalue weighted by Gasteiger charge is 2.47. The molecule has 0 aromatic rings. The van der Waals surface area contributed by atoms with Crippen molar-refractivity contribution in [2.24, 2.45) is 0 Å². The average molecular weight is 1030 g/mol.